The number of nitrogens with zero attached hydrogens (tertiary/aromatic N) is 1. The molecule has 0 bridgehead atoms. The van der Waals surface area contributed by atoms with Crippen molar-refractivity contribution < 1.29 is 22.7 Å². The molecule has 0 spiro atoms. The lowest BCUT2D eigenvalue weighted by Crippen LogP contribution is -2.37. The van der Waals surface area contributed by atoms with Crippen molar-refractivity contribution in [3.05, 3.63) is 29.8 Å². The molecule has 140 valence electrons. The Morgan fingerprint density at radius 1 is 1.35 bits per heavy atom. The number of hydrogen-bond donors (Lipinski definition) is 2. The molecular formula is C17H21N3O5S. The molecule has 1 aromatic rings. The van der Waals surface area contributed by atoms with Gasteiger partial charge in [0.05, 0.1) is 17.9 Å². The third-order valence-electron chi connectivity index (χ3n) is 4.33. The maximum absolute atomic E-state index is 12.0. The highest BCUT2D eigenvalue weighted by atomic mass is 32.2. The van der Waals surface area contributed by atoms with Gasteiger partial charge < -0.3 is 10.1 Å². The number of benzene rings is 1. The molecule has 8 nitrogen and oxygen atoms in total. The van der Waals surface area contributed by atoms with Crippen molar-refractivity contribution in [1.82, 2.24) is 10.0 Å². The highest BCUT2D eigenvalue weighted by Gasteiger charge is 2.30. The van der Waals surface area contributed by atoms with Gasteiger partial charge in [-0.15, -0.1) is 0 Å². The SMILES string of the molecule is C[C@@H](NC(=O)COC(=O)CCN=C1NS(=O)(=O)c2ccccc21)C1CC1. The van der Waals surface area contributed by atoms with E-state index in [1.807, 2.05) is 6.92 Å². The van der Waals surface area contributed by atoms with Crippen LogP contribution in [0.2, 0.25) is 0 Å². The molecular weight excluding hydrogens is 358 g/mol. The number of esters is 1. The van der Waals surface area contributed by atoms with E-state index in [9.17, 15) is 18.0 Å². The molecule has 1 atom stereocenters. The topological polar surface area (TPSA) is 114 Å². The van der Waals surface area contributed by atoms with Crippen LogP contribution < -0.4 is 10.0 Å². The first-order valence-corrected chi connectivity index (χ1v) is 9.97. The Morgan fingerprint density at radius 2 is 2.08 bits per heavy atom. The van der Waals surface area contributed by atoms with Gasteiger partial charge in [-0.2, -0.15) is 0 Å². The van der Waals surface area contributed by atoms with Gasteiger partial charge in [0.2, 0.25) is 0 Å². The standard InChI is InChI=1S/C17H21N3O5S/c1-11(12-6-7-12)19-15(21)10-25-16(22)8-9-18-17-13-4-2-3-5-14(13)26(23,24)20-17/h2-5,11-12H,6-10H2,1H3,(H,18,20)(H,19,21)/t11-/m1/s1. The number of ether oxygens (including phenoxy) is 1. The molecule has 0 saturated heterocycles. The lowest BCUT2D eigenvalue weighted by atomic mass is 10.2. The number of carbonyl (C=O) groups is 2. The molecule has 0 aromatic heterocycles. The Labute approximate surface area is 152 Å². The van der Waals surface area contributed by atoms with E-state index >= 15 is 0 Å². The first-order valence-electron chi connectivity index (χ1n) is 8.48. The number of carbonyl (C=O) groups excluding carboxylic acids is 2. The van der Waals surface area contributed by atoms with Gasteiger partial charge in [0.25, 0.3) is 15.9 Å². The van der Waals surface area contributed by atoms with Gasteiger partial charge >= 0.3 is 5.97 Å². The number of aliphatic imine (C=N–C) groups is 1. The zero-order chi connectivity index (χ0) is 18.7. The summed E-state index contributed by atoms with van der Waals surface area (Å²) in [5, 5.41) is 2.80. The van der Waals surface area contributed by atoms with E-state index in [1.54, 1.807) is 18.2 Å². The van der Waals surface area contributed by atoms with E-state index in [-0.39, 0.29) is 42.3 Å². The van der Waals surface area contributed by atoms with Gasteiger partial charge in [0.1, 0.15) is 5.84 Å². The summed E-state index contributed by atoms with van der Waals surface area (Å²) in [7, 11) is -3.59. The fourth-order valence-electron chi connectivity index (χ4n) is 2.74. The molecule has 2 N–H and O–H groups in total. The number of amidine groups is 1. The predicted molar refractivity (Wildman–Crippen MR) is 94.1 cm³/mol. The molecule has 1 fully saturated rings. The van der Waals surface area contributed by atoms with Crippen LogP contribution in [0.25, 0.3) is 0 Å². The van der Waals surface area contributed by atoms with Crippen molar-refractivity contribution in [2.75, 3.05) is 13.2 Å². The number of fused-ring (bicyclic) bond motifs is 1. The smallest absolute Gasteiger partial charge is 0.308 e. The van der Waals surface area contributed by atoms with Crippen LogP contribution in [0.3, 0.4) is 0 Å². The predicted octanol–water partition coefficient (Wildman–Crippen LogP) is 0.573. The molecule has 9 heteroatoms. The third kappa shape index (κ3) is 4.40. The second-order valence-corrected chi connectivity index (χ2v) is 8.09. The van der Waals surface area contributed by atoms with Crippen LogP contribution in [0.1, 0.15) is 31.7 Å². The third-order valence-corrected chi connectivity index (χ3v) is 5.73. The van der Waals surface area contributed by atoms with Crippen molar-refractivity contribution in [1.29, 1.82) is 0 Å². The summed E-state index contributed by atoms with van der Waals surface area (Å²) in [5.74, 6) is -0.132. The Hall–Kier alpha value is -2.42. The van der Waals surface area contributed by atoms with E-state index in [0.717, 1.165) is 12.8 Å². The van der Waals surface area contributed by atoms with E-state index in [1.165, 1.54) is 6.07 Å². The zero-order valence-electron chi connectivity index (χ0n) is 14.4. The lowest BCUT2D eigenvalue weighted by molar-refractivity contribution is -0.148. The Morgan fingerprint density at radius 3 is 2.81 bits per heavy atom. The number of hydrogen-bond acceptors (Lipinski definition) is 6. The molecule has 1 heterocycles. The van der Waals surface area contributed by atoms with Crippen LogP contribution in [-0.4, -0.2) is 45.3 Å². The molecule has 0 radical (unpaired) electrons. The van der Waals surface area contributed by atoms with E-state index in [0.29, 0.717) is 11.5 Å². The minimum Gasteiger partial charge on any atom is -0.456 e. The number of nitrogens with one attached hydrogen (secondary N) is 2. The summed E-state index contributed by atoms with van der Waals surface area (Å²) >= 11 is 0. The average Bonchev–Trinajstić information content (AvgIpc) is 3.41. The maximum atomic E-state index is 12.0. The second-order valence-electron chi connectivity index (χ2n) is 6.44. The van der Waals surface area contributed by atoms with E-state index in [4.69, 9.17) is 4.74 Å². The lowest BCUT2D eigenvalue weighted by Gasteiger charge is -2.12. The fraction of sp³-hybridized carbons (Fsp3) is 0.471. The highest BCUT2D eigenvalue weighted by molar-refractivity contribution is 7.90. The molecule has 3 rings (SSSR count). The molecule has 1 amide bonds. The van der Waals surface area contributed by atoms with Gasteiger partial charge in [-0.1, -0.05) is 12.1 Å². The highest BCUT2D eigenvalue weighted by Crippen LogP contribution is 2.32. The first-order chi connectivity index (χ1) is 12.4. The van der Waals surface area contributed by atoms with Gasteiger partial charge in [-0.25, -0.2) is 8.42 Å². The molecule has 1 aliphatic carbocycles. The first kappa shape index (κ1) is 18.4. The van der Waals surface area contributed by atoms with E-state index in [2.05, 4.69) is 15.0 Å². The minimum atomic E-state index is -3.59. The summed E-state index contributed by atoms with van der Waals surface area (Å²) < 4.78 is 31.2. The fourth-order valence-corrected chi connectivity index (χ4v) is 3.99. The number of amides is 1. The van der Waals surface area contributed by atoms with Crippen molar-refractivity contribution >= 4 is 27.7 Å². The average molecular weight is 379 g/mol. The van der Waals surface area contributed by atoms with Crippen molar-refractivity contribution in [2.45, 2.75) is 37.1 Å². The van der Waals surface area contributed by atoms with Crippen molar-refractivity contribution in [3.8, 4) is 0 Å². The van der Waals surface area contributed by atoms with Gasteiger partial charge in [0.15, 0.2) is 6.61 Å². The summed E-state index contributed by atoms with van der Waals surface area (Å²) in [6.07, 6.45) is 2.20. The van der Waals surface area contributed by atoms with Crippen molar-refractivity contribution in [2.24, 2.45) is 10.9 Å². The normalized spacial score (nSPS) is 20.1. The van der Waals surface area contributed by atoms with Gasteiger partial charge in [0, 0.05) is 11.6 Å². The quantitative estimate of drug-likeness (QED) is 0.673. The largest absolute Gasteiger partial charge is 0.456 e. The van der Waals surface area contributed by atoms with Crippen LogP contribution in [0.4, 0.5) is 0 Å². The monoisotopic (exact) mass is 379 g/mol. The zero-order valence-corrected chi connectivity index (χ0v) is 15.2. The van der Waals surface area contributed by atoms with Crippen LogP contribution >= 0.6 is 0 Å². The molecule has 26 heavy (non-hydrogen) atoms. The Bertz CT molecular complexity index is 846. The summed E-state index contributed by atoms with van der Waals surface area (Å²) in [5.41, 5.74) is 0.481. The van der Waals surface area contributed by atoms with Crippen LogP contribution in [-0.2, 0) is 24.3 Å². The Kier molecular flexibility index (Phi) is 5.26. The molecule has 1 aromatic carbocycles. The van der Waals surface area contributed by atoms with Crippen LogP contribution in [0.5, 0.6) is 0 Å². The van der Waals surface area contributed by atoms with E-state index < -0.39 is 16.0 Å². The maximum Gasteiger partial charge on any atom is 0.308 e. The Balaban J connectivity index is 1.45. The van der Waals surface area contributed by atoms with Gasteiger partial charge in [-0.05, 0) is 37.8 Å². The molecule has 1 aliphatic heterocycles. The summed E-state index contributed by atoms with van der Waals surface area (Å²) in [4.78, 5) is 27.7. The van der Waals surface area contributed by atoms with Crippen molar-refractivity contribution in [3.63, 3.8) is 0 Å². The second kappa shape index (κ2) is 7.45. The number of rotatable bonds is 7. The van der Waals surface area contributed by atoms with Crippen LogP contribution in [0.15, 0.2) is 34.2 Å². The molecule has 1 saturated carbocycles. The van der Waals surface area contributed by atoms with Gasteiger partial charge in [-0.3, -0.25) is 19.3 Å². The summed E-state index contributed by atoms with van der Waals surface area (Å²) in [6, 6.07) is 6.59. The number of sulfonamides is 1. The van der Waals surface area contributed by atoms with Crippen LogP contribution in [0, 0.1) is 5.92 Å². The molecule has 0 unspecified atom stereocenters. The summed E-state index contributed by atoms with van der Waals surface area (Å²) in [6.45, 7) is 1.68. The molecule has 2 aliphatic rings. The minimum absolute atomic E-state index is 0.0428.